The van der Waals surface area contributed by atoms with Crippen LogP contribution in [0, 0.1) is 6.92 Å². The maximum absolute atomic E-state index is 13.3. The molecule has 2 heterocycles. The molecule has 1 N–H and O–H groups in total. The summed E-state index contributed by atoms with van der Waals surface area (Å²) in [6.07, 6.45) is 0. The van der Waals surface area contributed by atoms with Crippen molar-refractivity contribution in [2.45, 2.75) is 19.9 Å². The third kappa shape index (κ3) is 3.96. The van der Waals surface area contributed by atoms with Crippen LogP contribution in [0.15, 0.2) is 58.6 Å². The number of ketones is 1. The Morgan fingerprint density at radius 2 is 1.76 bits per heavy atom. The number of ether oxygens (including phenoxy) is 3. The molecule has 0 radical (unpaired) electrons. The highest BCUT2D eigenvalue weighted by Gasteiger charge is 2.49. The van der Waals surface area contributed by atoms with Crippen molar-refractivity contribution >= 4 is 23.3 Å². The molecule has 34 heavy (non-hydrogen) atoms. The molecule has 2 aromatic carbocycles. The van der Waals surface area contributed by atoms with E-state index in [0.29, 0.717) is 40.7 Å². The predicted molar refractivity (Wildman–Crippen MR) is 123 cm³/mol. The maximum Gasteiger partial charge on any atom is 0.301 e. The summed E-state index contributed by atoms with van der Waals surface area (Å²) in [4.78, 5) is 27.6. The summed E-state index contributed by atoms with van der Waals surface area (Å²) < 4.78 is 21.5. The lowest BCUT2D eigenvalue weighted by atomic mass is 9.94. The highest BCUT2D eigenvalue weighted by molar-refractivity contribution is 6.51. The van der Waals surface area contributed by atoms with Gasteiger partial charge in [-0.1, -0.05) is 5.16 Å². The first-order valence-corrected chi connectivity index (χ1v) is 10.6. The second kappa shape index (κ2) is 9.30. The normalized spacial score (nSPS) is 17.2. The second-order valence-electron chi connectivity index (χ2n) is 7.53. The fourth-order valence-electron chi connectivity index (χ4n) is 3.91. The van der Waals surface area contributed by atoms with Crippen LogP contribution in [0.25, 0.3) is 5.76 Å². The van der Waals surface area contributed by atoms with Gasteiger partial charge in [0.15, 0.2) is 5.82 Å². The van der Waals surface area contributed by atoms with E-state index in [1.807, 2.05) is 6.92 Å². The number of aryl methyl sites for hydroxylation is 1. The summed E-state index contributed by atoms with van der Waals surface area (Å²) in [5.41, 5.74) is 0.681. The summed E-state index contributed by atoms with van der Waals surface area (Å²) in [7, 11) is 2.98. The van der Waals surface area contributed by atoms with Gasteiger partial charge in [0, 0.05) is 17.2 Å². The minimum Gasteiger partial charge on any atom is -0.507 e. The zero-order chi connectivity index (χ0) is 24.4. The summed E-state index contributed by atoms with van der Waals surface area (Å²) in [6, 6.07) is 12.1. The molecule has 0 aliphatic carbocycles. The number of Topliss-reactive ketones (excluding diaryl/α,β-unsaturated/α-hetero) is 1. The van der Waals surface area contributed by atoms with Crippen LogP contribution in [0.3, 0.4) is 0 Å². The standard InChI is InChI=1S/C25H24N2O7/c1-5-33-16-8-6-15(7-9-16)23(28)21-22(18-13-17(31-3)10-11-19(18)32-4)27(25(30)24(21)29)20-12-14(2)34-26-20/h6-13,22,28H,5H2,1-4H3/t22-/m1/s1. The number of carbonyl (C=O) groups is 2. The third-order valence-corrected chi connectivity index (χ3v) is 5.48. The van der Waals surface area contributed by atoms with Crippen molar-refractivity contribution in [1.29, 1.82) is 0 Å². The molecule has 176 valence electrons. The van der Waals surface area contributed by atoms with Gasteiger partial charge in [-0.3, -0.25) is 14.5 Å². The Balaban J connectivity index is 1.95. The van der Waals surface area contributed by atoms with Gasteiger partial charge in [0.1, 0.15) is 34.8 Å². The number of aliphatic hydroxyl groups is 1. The smallest absolute Gasteiger partial charge is 0.301 e. The van der Waals surface area contributed by atoms with Gasteiger partial charge in [0.2, 0.25) is 0 Å². The van der Waals surface area contributed by atoms with Gasteiger partial charge in [0.05, 0.1) is 26.4 Å². The third-order valence-electron chi connectivity index (χ3n) is 5.48. The van der Waals surface area contributed by atoms with Crippen LogP contribution >= 0.6 is 0 Å². The SMILES string of the molecule is CCOc1ccc(C(O)=C2C(=O)C(=O)N(c3cc(C)on3)[C@@H]2c2cc(OC)ccc2OC)cc1. The highest BCUT2D eigenvalue weighted by Crippen LogP contribution is 2.45. The van der Waals surface area contributed by atoms with Crippen molar-refractivity contribution in [2.75, 3.05) is 25.7 Å². The zero-order valence-corrected chi connectivity index (χ0v) is 19.2. The molecule has 1 fully saturated rings. The van der Waals surface area contributed by atoms with Crippen LogP contribution in [0.1, 0.15) is 29.9 Å². The molecule has 9 heteroatoms. The number of hydrogen-bond donors (Lipinski definition) is 1. The molecule has 4 rings (SSSR count). The van der Waals surface area contributed by atoms with Crippen LogP contribution in [0.5, 0.6) is 17.2 Å². The van der Waals surface area contributed by atoms with E-state index in [1.54, 1.807) is 55.5 Å². The number of rotatable bonds is 7. The first kappa shape index (κ1) is 22.9. The van der Waals surface area contributed by atoms with Gasteiger partial charge >= 0.3 is 5.91 Å². The Labute approximate surface area is 196 Å². The Morgan fingerprint density at radius 1 is 1.06 bits per heavy atom. The molecule has 3 aromatic rings. The van der Waals surface area contributed by atoms with Gasteiger partial charge in [0.25, 0.3) is 5.78 Å². The Morgan fingerprint density at radius 3 is 2.35 bits per heavy atom. The van der Waals surface area contributed by atoms with Gasteiger partial charge < -0.3 is 23.8 Å². The quantitative estimate of drug-likeness (QED) is 0.317. The number of methoxy groups -OCH3 is 2. The molecule has 0 unspecified atom stereocenters. The Hall–Kier alpha value is -4.27. The van der Waals surface area contributed by atoms with Crippen molar-refractivity contribution in [3.63, 3.8) is 0 Å². The van der Waals surface area contributed by atoms with E-state index < -0.39 is 17.7 Å². The molecule has 1 saturated heterocycles. The largest absolute Gasteiger partial charge is 0.507 e. The number of anilines is 1. The molecule has 1 aliphatic rings. The van der Waals surface area contributed by atoms with Crippen LogP contribution in [-0.4, -0.2) is 42.8 Å². The van der Waals surface area contributed by atoms with E-state index >= 15 is 0 Å². The molecule has 1 amide bonds. The number of benzene rings is 2. The summed E-state index contributed by atoms with van der Waals surface area (Å²) in [5.74, 6) is 0.0504. The van der Waals surface area contributed by atoms with E-state index in [2.05, 4.69) is 5.16 Å². The second-order valence-corrected chi connectivity index (χ2v) is 7.53. The fraction of sp³-hybridized carbons (Fsp3) is 0.240. The number of aromatic nitrogens is 1. The van der Waals surface area contributed by atoms with Crippen LogP contribution < -0.4 is 19.1 Å². The van der Waals surface area contributed by atoms with E-state index in [9.17, 15) is 14.7 Å². The average molecular weight is 464 g/mol. The van der Waals surface area contributed by atoms with Gasteiger partial charge in [-0.15, -0.1) is 0 Å². The van der Waals surface area contributed by atoms with Crippen LogP contribution in [-0.2, 0) is 9.59 Å². The number of aliphatic hydroxyl groups excluding tert-OH is 1. The van der Waals surface area contributed by atoms with Gasteiger partial charge in [-0.2, -0.15) is 0 Å². The lowest BCUT2D eigenvalue weighted by Crippen LogP contribution is -2.30. The van der Waals surface area contributed by atoms with E-state index in [4.69, 9.17) is 18.7 Å². The lowest BCUT2D eigenvalue weighted by molar-refractivity contribution is -0.132. The molecule has 1 aliphatic heterocycles. The summed E-state index contributed by atoms with van der Waals surface area (Å²) in [6.45, 7) is 4.03. The number of nitrogens with zero attached hydrogens (tertiary/aromatic N) is 2. The van der Waals surface area contributed by atoms with Crippen molar-refractivity contribution in [3.8, 4) is 17.2 Å². The molecule has 0 spiro atoms. The first-order chi connectivity index (χ1) is 16.4. The Kier molecular flexibility index (Phi) is 6.27. The van der Waals surface area contributed by atoms with Gasteiger partial charge in [-0.05, 0) is 56.3 Å². The van der Waals surface area contributed by atoms with Crippen molar-refractivity contribution < 1.29 is 33.4 Å². The topological polar surface area (TPSA) is 111 Å². The van der Waals surface area contributed by atoms with E-state index in [0.717, 1.165) is 0 Å². The predicted octanol–water partition coefficient (Wildman–Crippen LogP) is 4.03. The number of hydrogen-bond acceptors (Lipinski definition) is 8. The minimum atomic E-state index is -1.04. The first-order valence-electron chi connectivity index (χ1n) is 10.6. The van der Waals surface area contributed by atoms with Crippen LogP contribution in [0.2, 0.25) is 0 Å². The molecule has 1 aromatic heterocycles. The fourth-order valence-corrected chi connectivity index (χ4v) is 3.91. The van der Waals surface area contributed by atoms with Gasteiger partial charge in [-0.25, -0.2) is 0 Å². The molecule has 1 atom stereocenters. The summed E-state index contributed by atoms with van der Waals surface area (Å²) in [5, 5.41) is 15.2. The lowest BCUT2D eigenvalue weighted by Gasteiger charge is -2.24. The Bertz CT molecular complexity index is 1260. The number of amides is 1. The zero-order valence-electron chi connectivity index (χ0n) is 19.2. The van der Waals surface area contributed by atoms with Crippen molar-refractivity contribution in [1.82, 2.24) is 5.16 Å². The highest BCUT2D eigenvalue weighted by atomic mass is 16.5. The maximum atomic E-state index is 13.3. The van der Waals surface area contributed by atoms with E-state index in [-0.39, 0.29) is 17.2 Å². The molecular weight excluding hydrogens is 440 g/mol. The molecule has 9 nitrogen and oxygen atoms in total. The van der Waals surface area contributed by atoms with Crippen molar-refractivity contribution in [3.05, 3.63) is 71.0 Å². The minimum absolute atomic E-state index is 0.110. The summed E-state index contributed by atoms with van der Waals surface area (Å²) >= 11 is 0. The number of carbonyl (C=O) groups excluding carboxylic acids is 2. The molecule has 0 bridgehead atoms. The van der Waals surface area contributed by atoms with Crippen molar-refractivity contribution in [2.24, 2.45) is 0 Å². The molecular formula is C25H24N2O7. The monoisotopic (exact) mass is 464 g/mol. The molecule has 0 saturated carbocycles. The average Bonchev–Trinajstić information content (AvgIpc) is 3.39. The van der Waals surface area contributed by atoms with Crippen LogP contribution in [0.4, 0.5) is 5.82 Å². The van der Waals surface area contributed by atoms with E-state index in [1.165, 1.54) is 19.1 Å².